The molecular formula is C17H13BrFN3O2. The number of rotatable bonds is 5. The van der Waals surface area contributed by atoms with Crippen molar-refractivity contribution in [1.82, 2.24) is 14.5 Å². The molecule has 0 saturated carbocycles. The van der Waals surface area contributed by atoms with Gasteiger partial charge in [0.1, 0.15) is 23.2 Å². The summed E-state index contributed by atoms with van der Waals surface area (Å²) in [5, 5.41) is 0. The fourth-order valence-corrected chi connectivity index (χ4v) is 2.52. The second-order valence-corrected chi connectivity index (χ2v) is 5.86. The van der Waals surface area contributed by atoms with E-state index in [-0.39, 0.29) is 28.3 Å². The fourth-order valence-electron chi connectivity index (χ4n) is 2.08. The SMILES string of the molecule is O=c1c(Br)c(OCc2ccc(F)cc2)ncn1Cc1ccncc1. The Kier molecular flexibility index (Phi) is 5.00. The van der Waals surface area contributed by atoms with Crippen LogP contribution >= 0.6 is 15.9 Å². The van der Waals surface area contributed by atoms with Crippen LogP contribution in [0.1, 0.15) is 11.1 Å². The zero-order valence-electron chi connectivity index (χ0n) is 12.5. The van der Waals surface area contributed by atoms with Gasteiger partial charge >= 0.3 is 0 Å². The zero-order chi connectivity index (χ0) is 16.9. The molecule has 0 N–H and O–H groups in total. The van der Waals surface area contributed by atoms with Crippen molar-refractivity contribution in [2.45, 2.75) is 13.2 Å². The van der Waals surface area contributed by atoms with Crippen LogP contribution in [0.2, 0.25) is 0 Å². The molecule has 1 aromatic carbocycles. The van der Waals surface area contributed by atoms with E-state index < -0.39 is 0 Å². The lowest BCUT2D eigenvalue weighted by molar-refractivity contribution is 0.289. The molecule has 0 aliphatic heterocycles. The van der Waals surface area contributed by atoms with Gasteiger partial charge in [-0.25, -0.2) is 9.37 Å². The predicted molar refractivity (Wildman–Crippen MR) is 90.3 cm³/mol. The maximum Gasteiger partial charge on any atom is 0.271 e. The van der Waals surface area contributed by atoms with Gasteiger partial charge in [0.15, 0.2) is 0 Å². The highest BCUT2D eigenvalue weighted by Crippen LogP contribution is 2.18. The molecular weight excluding hydrogens is 377 g/mol. The van der Waals surface area contributed by atoms with Gasteiger partial charge in [0.25, 0.3) is 5.56 Å². The number of nitrogens with zero attached hydrogens (tertiary/aromatic N) is 3. The van der Waals surface area contributed by atoms with Gasteiger partial charge in [-0.15, -0.1) is 0 Å². The van der Waals surface area contributed by atoms with Crippen molar-refractivity contribution >= 4 is 15.9 Å². The number of ether oxygens (including phenoxy) is 1. The predicted octanol–water partition coefficient (Wildman–Crippen LogP) is 3.17. The maximum absolute atomic E-state index is 12.9. The monoisotopic (exact) mass is 389 g/mol. The summed E-state index contributed by atoms with van der Waals surface area (Å²) in [5.41, 5.74) is 1.49. The van der Waals surface area contributed by atoms with E-state index >= 15 is 0 Å². The number of benzene rings is 1. The molecule has 0 amide bonds. The molecule has 3 aromatic rings. The molecule has 0 aliphatic rings. The number of hydrogen-bond acceptors (Lipinski definition) is 4. The first-order valence-corrected chi connectivity index (χ1v) is 7.94. The fraction of sp³-hybridized carbons (Fsp3) is 0.118. The molecule has 122 valence electrons. The molecule has 3 rings (SSSR count). The first-order valence-electron chi connectivity index (χ1n) is 7.14. The van der Waals surface area contributed by atoms with Crippen LogP contribution in [0, 0.1) is 5.82 Å². The van der Waals surface area contributed by atoms with Crippen molar-refractivity contribution in [2.75, 3.05) is 0 Å². The topological polar surface area (TPSA) is 57.0 Å². The lowest BCUT2D eigenvalue weighted by atomic mass is 10.2. The summed E-state index contributed by atoms with van der Waals surface area (Å²) < 4.78 is 20.2. The molecule has 0 radical (unpaired) electrons. The van der Waals surface area contributed by atoms with Crippen LogP contribution in [0.5, 0.6) is 5.88 Å². The van der Waals surface area contributed by atoms with Gasteiger partial charge in [0, 0.05) is 12.4 Å². The first-order chi connectivity index (χ1) is 11.6. The van der Waals surface area contributed by atoms with Crippen molar-refractivity contribution in [3.63, 3.8) is 0 Å². The Morgan fingerprint density at radius 1 is 1.08 bits per heavy atom. The molecule has 0 unspecified atom stereocenters. The molecule has 0 bridgehead atoms. The van der Waals surface area contributed by atoms with Crippen LogP contribution in [0.4, 0.5) is 4.39 Å². The van der Waals surface area contributed by atoms with E-state index in [9.17, 15) is 9.18 Å². The highest BCUT2D eigenvalue weighted by molar-refractivity contribution is 9.10. The molecule has 5 nitrogen and oxygen atoms in total. The third kappa shape index (κ3) is 3.86. The minimum absolute atomic E-state index is 0.194. The average molecular weight is 390 g/mol. The summed E-state index contributed by atoms with van der Waals surface area (Å²) in [6.07, 6.45) is 4.78. The summed E-state index contributed by atoms with van der Waals surface area (Å²) in [4.78, 5) is 20.5. The van der Waals surface area contributed by atoms with Crippen molar-refractivity contribution in [2.24, 2.45) is 0 Å². The van der Waals surface area contributed by atoms with Gasteiger partial charge in [0.05, 0.1) is 6.54 Å². The van der Waals surface area contributed by atoms with E-state index in [0.29, 0.717) is 6.54 Å². The number of pyridine rings is 1. The molecule has 0 spiro atoms. The quantitative estimate of drug-likeness (QED) is 0.672. The lowest BCUT2D eigenvalue weighted by Crippen LogP contribution is -2.22. The molecule has 0 atom stereocenters. The molecule has 0 saturated heterocycles. The molecule has 0 aliphatic carbocycles. The Bertz CT molecular complexity index is 883. The van der Waals surface area contributed by atoms with Crippen molar-refractivity contribution in [3.8, 4) is 5.88 Å². The number of hydrogen-bond donors (Lipinski definition) is 0. The van der Waals surface area contributed by atoms with Crippen molar-refractivity contribution in [1.29, 1.82) is 0 Å². The van der Waals surface area contributed by atoms with Crippen LogP contribution in [0.3, 0.4) is 0 Å². The van der Waals surface area contributed by atoms with Gasteiger partial charge in [-0.2, -0.15) is 0 Å². The molecule has 2 heterocycles. The van der Waals surface area contributed by atoms with Gasteiger partial charge in [-0.1, -0.05) is 12.1 Å². The van der Waals surface area contributed by atoms with Crippen LogP contribution in [0.25, 0.3) is 0 Å². The van der Waals surface area contributed by atoms with E-state index in [0.717, 1.165) is 11.1 Å². The second-order valence-electron chi connectivity index (χ2n) is 5.07. The Morgan fingerprint density at radius 2 is 1.79 bits per heavy atom. The van der Waals surface area contributed by atoms with E-state index in [2.05, 4.69) is 25.9 Å². The summed E-state index contributed by atoms with van der Waals surface area (Å²) in [5.74, 6) is -0.105. The maximum atomic E-state index is 12.9. The van der Waals surface area contributed by atoms with Gasteiger partial charge in [0.2, 0.25) is 5.88 Å². The molecule has 7 heteroatoms. The minimum atomic E-state index is -0.309. The Hall–Kier alpha value is -2.54. The van der Waals surface area contributed by atoms with E-state index in [1.165, 1.54) is 23.0 Å². The van der Waals surface area contributed by atoms with Crippen LogP contribution in [0.15, 0.2) is 64.4 Å². The summed E-state index contributed by atoms with van der Waals surface area (Å²) >= 11 is 3.24. The second kappa shape index (κ2) is 7.35. The Morgan fingerprint density at radius 3 is 2.50 bits per heavy atom. The van der Waals surface area contributed by atoms with Crippen LogP contribution in [-0.2, 0) is 13.2 Å². The zero-order valence-corrected chi connectivity index (χ0v) is 14.1. The van der Waals surface area contributed by atoms with Gasteiger partial charge in [-0.3, -0.25) is 14.3 Å². The molecule has 24 heavy (non-hydrogen) atoms. The largest absolute Gasteiger partial charge is 0.472 e. The molecule has 2 aromatic heterocycles. The lowest BCUT2D eigenvalue weighted by Gasteiger charge is -2.10. The van der Waals surface area contributed by atoms with E-state index in [1.54, 1.807) is 24.5 Å². The van der Waals surface area contributed by atoms with Gasteiger partial charge in [-0.05, 0) is 51.3 Å². The van der Waals surface area contributed by atoms with Crippen LogP contribution < -0.4 is 10.3 Å². The smallest absolute Gasteiger partial charge is 0.271 e. The minimum Gasteiger partial charge on any atom is -0.472 e. The van der Waals surface area contributed by atoms with Gasteiger partial charge < -0.3 is 4.74 Å². The summed E-state index contributed by atoms with van der Waals surface area (Å²) in [7, 11) is 0. The highest BCUT2D eigenvalue weighted by Gasteiger charge is 2.11. The summed E-state index contributed by atoms with van der Waals surface area (Å²) in [6.45, 7) is 0.588. The number of halogens is 2. The Labute approximate surface area is 145 Å². The van der Waals surface area contributed by atoms with E-state index in [1.807, 2.05) is 12.1 Å². The Balaban J connectivity index is 1.75. The highest BCUT2D eigenvalue weighted by atomic mass is 79.9. The van der Waals surface area contributed by atoms with E-state index in [4.69, 9.17) is 4.74 Å². The average Bonchev–Trinajstić information content (AvgIpc) is 2.61. The van der Waals surface area contributed by atoms with Crippen molar-refractivity contribution in [3.05, 3.63) is 86.9 Å². The summed E-state index contributed by atoms with van der Waals surface area (Å²) in [6, 6.07) is 9.61. The first kappa shape index (κ1) is 16.3. The number of aromatic nitrogens is 3. The van der Waals surface area contributed by atoms with Crippen molar-refractivity contribution < 1.29 is 9.13 Å². The van der Waals surface area contributed by atoms with Crippen LogP contribution in [-0.4, -0.2) is 14.5 Å². The molecule has 0 fully saturated rings. The standard InChI is InChI=1S/C17H13BrFN3O2/c18-15-16(24-10-13-1-3-14(19)4-2-13)21-11-22(17(15)23)9-12-5-7-20-8-6-12/h1-8,11H,9-10H2. The third-order valence-electron chi connectivity index (χ3n) is 3.34. The third-order valence-corrected chi connectivity index (χ3v) is 4.02. The normalized spacial score (nSPS) is 10.6.